The fourth-order valence-corrected chi connectivity index (χ4v) is 2.21. The number of carbonyl (C=O) groups excluding carboxylic acids is 1. The quantitative estimate of drug-likeness (QED) is 0.711. The molecule has 134 valence electrons. The van der Waals surface area contributed by atoms with Crippen molar-refractivity contribution in [1.29, 1.82) is 0 Å². The first kappa shape index (κ1) is 19.8. The first-order valence-electron chi connectivity index (χ1n) is 8.04. The Morgan fingerprint density at radius 2 is 1.83 bits per heavy atom. The molecule has 0 aliphatic heterocycles. The number of amides is 1. The van der Waals surface area contributed by atoms with E-state index in [1.807, 2.05) is 24.3 Å². The summed E-state index contributed by atoms with van der Waals surface area (Å²) in [6.07, 6.45) is 1.03. The molecule has 0 spiro atoms. The lowest BCUT2D eigenvalue weighted by Crippen LogP contribution is -2.33. The molecule has 1 rings (SSSR count). The largest absolute Gasteiger partial charge is 0.497 e. The zero-order chi connectivity index (χ0) is 18.2. The third kappa shape index (κ3) is 7.85. The van der Waals surface area contributed by atoms with Gasteiger partial charge in [-0.2, -0.15) is 0 Å². The van der Waals surface area contributed by atoms with Gasteiger partial charge in [0, 0.05) is 6.54 Å². The summed E-state index contributed by atoms with van der Waals surface area (Å²) in [5, 5.41) is 12.0. The number of rotatable bonds is 8. The standard InChI is InChI=1S/C18H27NO5/c1-18(2,3)24-17(22)19-11-5-6-14(16(20)21)12-13-7-9-15(23-4)10-8-13/h7-10,14H,5-6,11-12H2,1-4H3,(H,19,22)(H,20,21). The van der Waals surface area contributed by atoms with E-state index in [2.05, 4.69) is 5.32 Å². The summed E-state index contributed by atoms with van der Waals surface area (Å²) in [5.74, 6) is -0.575. The van der Waals surface area contributed by atoms with Crippen LogP contribution in [0.15, 0.2) is 24.3 Å². The van der Waals surface area contributed by atoms with Gasteiger partial charge < -0.3 is 19.9 Å². The number of hydrogen-bond acceptors (Lipinski definition) is 4. The molecule has 1 aromatic carbocycles. The number of methoxy groups -OCH3 is 1. The van der Waals surface area contributed by atoms with Gasteiger partial charge in [-0.15, -0.1) is 0 Å². The maximum Gasteiger partial charge on any atom is 0.407 e. The lowest BCUT2D eigenvalue weighted by molar-refractivity contribution is -0.141. The fourth-order valence-electron chi connectivity index (χ4n) is 2.21. The van der Waals surface area contributed by atoms with Crippen molar-refractivity contribution in [2.24, 2.45) is 5.92 Å². The van der Waals surface area contributed by atoms with Crippen molar-refractivity contribution in [3.05, 3.63) is 29.8 Å². The Bertz CT molecular complexity index is 533. The summed E-state index contributed by atoms with van der Waals surface area (Å²) in [7, 11) is 1.59. The van der Waals surface area contributed by atoms with Gasteiger partial charge in [0.1, 0.15) is 11.4 Å². The number of alkyl carbamates (subject to hydrolysis) is 1. The number of hydrogen-bond donors (Lipinski definition) is 2. The molecule has 2 N–H and O–H groups in total. The molecule has 1 aromatic rings. The summed E-state index contributed by atoms with van der Waals surface area (Å²) >= 11 is 0. The van der Waals surface area contributed by atoms with E-state index < -0.39 is 23.6 Å². The van der Waals surface area contributed by atoms with E-state index in [4.69, 9.17) is 9.47 Å². The first-order chi connectivity index (χ1) is 11.2. The number of nitrogens with one attached hydrogen (secondary N) is 1. The van der Waals surface area contributed by atoms with Crippen LogP contribution in [0.25, 0.3) is 0 Å². The van der Waals surface area contributed by atoms with Crippen molar-refractivity contribution < 1.29 is 24.2 Å². The van der Waals surface area contributed by atoms with Gasteiger partial charge in [-0.3, -0.25) is 4.79 Å². The minimum atomic E-state index is -0.830. The molecule has 6 nitrogen and oxygen atoms in total. The minimum absolute atomic E-state index is 0.390. The maximum absolute atomic E-state index is 11.5. The van der Waals surface area contributed by atoms with Crippen LogP contribution >= 0.6 is 0 Å². The van der Waals surface area contributed by atoms with Gasteiger partial charge in [0.05, 0.1) is 13.0 Å². The zero-order valence-electron chi connectivity index (χ0n) is 14.8. The number of carboxylic acids is 1. The molecule has 0 fully saturated rings. The van der Waals surface area contributed by atoms with E-state index in [-0.39, 0.29) is 0 Å². The van der Waals surface area contributed by atoms with Crippen LogP contribution in [0.5, 0.6) is 5.75 Å². The number of carbonyl (C=O) groups is 2. The Morgan fingerprint density at radius 1 is 1.21 bits per heavy atom. The molecule has 1 amide bonds. The average molecular weight is 337 g/mol. The van der Waals surface area contributed by atoms with Crippen LogP contribution in [0.3, 0.4) is 0 Å². The molecule has 0 heterocycles. The highest BCUT2D eigenvalue weighted by atomic mass is 16.6. The summed E-state index contributed by atoms with van der Waals surface area (Å²) < 4.78 is 10.2. The molecule has 0 bridgehead atoms. The number of benzene rings is 1. The Hall–Kier alpha value is -2.24. The highest BCUT2D eigenvalue weighted by Gasteiger charge is 2.19. The van der Waals surface area contributed by atoms with E-state index in [0.29, 0.717) is 25.8 Å². The Labute approximate surface area is 143 Å². The summed E-state index contributed by atoms with van der Waals surface area (Å²) in [6.45, 7) is 5.77. The maximum atomic E-state index is 11.5. The highest BCUT2D eigenvalue weighted by molar-refractivity contribution is 5.70. The molecule has 0 saturated carbocycles. The molecule has 1 unspecified atom stereocenters. The Morgan fingerprint density at radius 3 is 2.33 bits per heavy atom. The first-order valence-corrected chi connectivity index (χ1v) is 8.04. The average Bonchev–Trinajstić information content (AvgIpc) is 2.49. The van der Waals surface area contributed by atoms with Crippen LogP contribution in [0.2, 0.25) is 0 Å². The van der Waals surface area contributed by atoms with Gasteiger partial charge in [0.15, 0.2) is 0 Å². The van der Waals surface area contributed by atoms with Crippen LogP contribution in [-0.4, -0.2) is 36.4 Å². The van der Waals surface area contributed by atoms with E-state index in [0.717, 1.165) is 11.3 Å². The SMILES string of the molecule is COc1ccc(CC(CCCNC(=O)OC(C)(C)C)C(=O)O)cc1. The predicted octanol–water partition coefficient (Wildman–Crippen LogP) is 3.24. The summed E-state index contributed by atoms with van der Waals surface area (Å²) in [6, 6.07) is 7.37. The molecule has 0 aliphatic carbocycles. The van der Waals surface area contributed by atoms with Gasteiger partial charge in [0.2, 0.25) is 0 Å². The Balaban J connectivity index is 2.41. The lowest BCUT2D eigenvalue weighted by atomic mass is 9.95. The van der Waals surface area contributed by atoms with Crippen molar-refractivity contribution in [1.82, 2.24) is 5.32 Å². The fraction of sp³-hybridized carbons (Fsp3) is 0.556. The third-order valence-electron chi connectivity index (χ3n) is 3.39. The van der Waals surface area contributed by atoms with E-state index in [1.54, 1.807) is 27.9 Å². The molecule has 24 heavy (non-hydrogen) atoms. The molecule has 0 radical (unpaired) electrons. The van der Waals surface area contributed by atoms with Crippen molar-refractivity contribution in [3.63, 3.8) is 0 Å². The molecule has 6 heteroatoms. The minimum Gasteiger partial charge on any atom is -0.497 e. The summed E-state index contributed by atoms with van der Waals surface area (Å²) in [4.78, 5) is 22.9. The molecular formula is C18H27NO5. The molecule has 0 aromatic heterocycles. The zero-order valence-corrected chi connectivity index (χ0v) is 14.8. The van der Waals surface area contributed by atoms with Crippen LogP contribution in [0, 0.1) is 5.92 Å². The monoisotopic (exact) mass is 337 g/mol. The molecule has 0 saturated heterocycles. The van der Waals surface area contributed by atoms with Gasteiger partial charge in [0.25, 0.3) is 0 Å². The summed E-state index contributed by atoms with van der Waals surface area (Å²) in [5.41, 5.74) is 0.408. The van der Waals surface area contributed by atoms with E-state index in [9.17, 15) is 14.7 Å². The van der Waals surface area contributed by atoms with E-state index >= 15 is 0 Å². The number of ether oxygens (including phenoxy) is 2. The Kier molecular flexibility index (Phi) is 7.55. The van der Waals surface area contributed by atoms with Crippen molar-refractivity contribution in [2.75, 3.05) is 13.7 Å². The third-order valence-corrected chi connectivity index (χ3v) is 3.39. The smallest absolute Gasteiger partial charge is 0.407 e. The predicted molar refractivity (Wildman–Crippen MR) is 91.3 cm³/mol. The van der Waals surface area contributed by atoms with E-state index in [1.165, 1.54) is 0 Å². The second-order valence-electron chi connectivity index (χ2n) is 6.66. The second kappa shape index (κ2) is 9.15. The van der Waals surface area contributed by atoms with Crippen LogP contribution in [0.1, 0.15) is 39.2 Å². The van der Waals surface area contributed by atoms with Gasteiger partial charge in [-0.05, 0) is 57.7 Å². The van der Waals surface area contributed by atoms with Gasteiger partial charge >= 0.3 is 12.1 Å². The van der Waals surface area contributed by atoms with Crippen LogP contribution in [0.4, 0.5) is 4.79 Å². The lowest BCUT2D eigenvalue weighted by Gasteiger charge is -2.20. The van der Waals surface area contributed by atoms with Crippen LogP contribution in [-0.2, 0) is 16.0 Å². The van der Waals surface area contributed by atoms with Crippen LogP contribution < -0.4 is 10.1 Å². The number of aliphatic carboxylic acids is 1. The molecular weight excluding hydrogens is 310 g/mol. The van der Waals surface area contributed by atoms with Gasteiger partial charge in [-0.1, -0.05) is 12.1 Å². The molecule has 1 atom stereocenters. The van der Waals surface area contributed by atoms with Gasteiger partial charge in [-0.25, -0.2) is 4.79 Å². The van der Waals surface area contributed by atoms with Crippen molar-refractivity contribution >= 4 is 12.1 Å². The second-order valence-corrected chi connectivity index (χ2v) is 6.66. The normalized spacial score (nSPS) is 12.3. The van der Waals surface area contributed by atoms with Crippen molar-refractivity contribution in [3.8, 4) is 5.75 Å². The topological polar surface area (TPSA) is 84.9 Å². The van der Waals surface area contributed by atoms with Crippen molar-refractivity contribution in [2.45, 2.75) is 45.6 Å². The highest BCUT2D eigenvalue weighted by Crippen LogP contribution is 2.18. The number of carboxylic acid groups (broad SMARTS) is 1. The molecule has 0 aliphatic rings.